The molecule has 0 fully saturated rings. The van der Waals surface area contributed by atoms with Crippen LogP contribution in [0.4, 0.5) is 5.95 Å². The van der Waals surface area contributed by atoms with Crippen molar-refractivity contribution in [3.63, 3.8) is 0 Å². The summed E-state index contributed by atoms with van der Waals surface area (Å²) in [6, 6.07) is 2.16. The molecule has 0 spiro atoms. The van der Waals surface area contributed by atoms with Gasteiger partial charge in [0.2, 0.25) is 5.95 Å². The fourth-order valence-electron chi connectivity index (χ4n) is 1.33. The van der Waals surface area contributed by atoms with E-state index in [0.717, 1.165) is 11.1 Å². The van der Waals surface area contributed by atoms with Crippen molar-refractivity contribution in [3.8, 4) is 11.1 Å². The van der Waals surface area contributed by atoms with Gasteiger partial charge in [-0.05, 0) is 13.0 Å². The zero-order valence-corrected chi connectivity index (χ0v) is 9.14. The minimum atomic E-state index is 0.179. The fraction of sp³-hybridized carbons (Fsp3) is 0.273. The summed E-state index contributed by atoms with van der Waals surface area (Å²) in [5.74, 6) is 0.609. The van der Waals surface area contributed by atoms with Gasteiger partial charge in [-0.2, -0.15) is 0 Å². The SMILES string of the molecule is CC(CN)Nc1ncc(-c2cc[nH]c2)cn1. The molecule has 0 aliphatic rings. The van der Waals surface area contributed by atoms with Crippen molar-refractivity contribution in [3.05, 3.63) is 30.9 Å². The summed E-state index contributed by atoms with van der Waals surface area (Å²) in [5, 5.41) is 3.11. The summed E-state index contributed by atoms with van der Waals surface area (Å²) in [7, 11) is 0. The summed E-state index contributed by atoms with van der Waals surface area (Å²) in [6.07, 6.45) is 7.37. The Morgan fingerprint density at radius 2 is 2.12 bits per heavy atom. The molecule has 1 unspecified atom stereocenters. The number of hydrogen-bond donors (Lipinski definition) is 3. The molecule has 4 N–H and O–H groups in total. The average Bonchev–Trinajstić information content (AvgIpc) is 2.83. The maximum Gasteiger partial charge on any atom is 0.222 e. The average molecular weight is 217 g/mol. The Bertz CT molecular complexity index is 420. The Morgan fingerprint density at radius 1 is 1.38 bits per heavy atom. The third kappa shape index (κ3) is 2.38. The van der Waals surface area contributed by atoms with E-state index >= 15 is 0 Å². The first kappa shape index (κ1) is 10.6. The second-order valence-electron chi connectivity index (χ2n) is 3.68. The van der Waals surface area contributed by atoms with E-state index in [1.807, 2.05) is 25.4 Å². The number of H-pyrrole nitrogens is 1. The Hall–Kier alpha value is -1.88. The lowest BCUT2D eigenvalue weighted by molar-refractivity contribution is 0.790. The maximum absolute atomic E-state index is 5.50. The predicted octanol–water partition coefficient (Wildman–Crippen LogP) is 1.23. The topological polar surface area (TPSA) is 79.6 Å². The second-order valence-corrected chi connectivity index (χ2v) is 3.68. The quantitative estimate of drug-likeness (QED) is 0.719. The van der Waals surface area contributed by atoms with E-state index in [-0.39, 0.29) is 6.04 Å². The molecule has 1 atom stereocenters. The maximum atomic E-state index is 5.50. The van der Waals surface area contributed by atoms with Crippen molar-refractivity contribution < 1.29 is 0 Å². The van der Waals surface area contributed by atoms with Gasteiger partial charge in [-0.3, -0.25) is 0 Å². The zero-order chi connectivity index (χ0) is 11.4. The van der Waals surface area contributed by atoms with Gasteiger partial charge in [0.1, 0.15) is 0 Å². The zero-order valence-electron chi connectivity index (χ0n) is 9.14. The monoisotopic (exact) mass is 217 g/mol. The Balaban J connectivity index is 2.11. The van der Waals surface area contributed by atoms with Crippen LogP contribution in [0.15, 0.2) is 30.9 Å². The molecule has 0 aromatic carbocycles. The molecule has 2 heterocycles. The molecule has 0 aliphatic carbocycles. The molecule has 0 bridgehead atoms. The number of rotatable bonds is 4. The molecule has 0 saturated heterocycles. The molecule has 0 amide bonds. The summed E-state index contributed by atoms with van der Waals surface area (Å²) < 4.78 is 0. The molecule has 2 aromatic heterocycles. The van der Waals surface area contributed by atoms with Crippen molar-refractivity contribution in [2.45, 2.75) is 13.0 Å². The number of aromatic amines is 1. The van der Waals surface area contributed by atoms with Crippen molar-refractivity contribution in [2.75, 3.05) is 11.9 Å². The first-order valence-electron chi connectivity index (χ1n) is 5.21. The highest BCUT2D eigenvalue weighted by molar-refractivity contribution is 5.60. The van der Waals surface area contributed by atoms with E-state index in [9.17, 15) is 0 Å². The van der Waals surface area contributed by atoms with Gasteiger partial charge in [0.15, 0.2) is 0 Å². The first-order valence-corrected chi connectivity index (χ1v) is 5.21. The summed E-state index contributed by atoms with van der Waals surface area (Å²) >= 11 is 0. The van der Waals surface area contributed by atoms with Gasteiger partial charge < -0.3 is 16.0 Å². The van der Waals surface area contributed by atoms with Gasteiger partial charge in [-0.1, -0.05) is 0 Å². The number of hydrogen-bond acceptors (Lipinski definition) is 4. The molecule has 5 nitrogen and oxygen atoms in total. The summed E-state index contributed by atoms with van der Waals surface area (Å²) in [5.41, 5.74) is 7.58. The number of nitrogens with one attached hydrogen (secondary N) is 2. The Kier molecular flexibility index (Phi) is 3.16. The highest BCUT2D eigenvalue weighted by Crippen LogP contribution is 2.16. The van der Waals surface area contributed by atoms with E-state index in [0.29, 0.717) is 12.5 Å². The van der Waals surface area contributed by atoms with Gasteiger partial charge in [0.05, 0.1) is 0 Å². The van der Waals surface area contributed by atoms with Crippen LogP contribution in [-0.4, -0.2) is 27.5 Å². The fourth-order valence-corrected chi connectivity index (χ4v) is 1.33. The van der Waals surface area contributed by atoms with Gasteiger partial charge in [0, 0.05) is 48.5 Å². The normalized spacial score (nSPS) is 12.4. The molecule has 2 rings (SSSR count). The van der Waals surface area contributed by atoms with Gasteiger partial charge in [-0.25, -0.2) is 9.97 Å². The van der Waals surface area contributed by atoms with Crippen LogP contribution < -0.4 is 11.1 Å². The highest BCUT2D eigenvalue weighted by Gasteiger charge is 2.03. The van der Waals surface area contributed by atoms with Crippen LogP contribution in [0.25, 0.3) is 11.1 Å². The number of nitrogens with zero attached hydrogens (tertiary/aromatic N) is 2. The van der Waals surface area contributed by atoms with Crippen LogP contribution in [0, 0.1) is 0 Å². The Labute approximate surface area is 94.1 Å². The third-order valence-electron chi connectivity index (χ3n) is 2.31. The van der Waals surface area contributed by atoms with Crippen LogP contribution >= 0.6 is 0 Å². The lowest BCUT2D eigenvalue weighted by Crippen LogP contribution is -2.26. The Morgan fingerprint density at radius 3 is 2.69 bits per heavy atom. The summed E-state index contributed by atoms with van der Waals surface area (Å²) in [4.78, 5) is 11.5. The molecule has 5 heteroatoms. The standard InChI is InChI=1S/C11H15N5/c1-8(4-12)16-11-14-6-10(7-15-11)9-2-3-13-5-9/h2-3,5-8,13H,4,12H2,1H3,(H,14,15,16). The molecular weight excluding hydrogens is 202 g/mol. The van der Waals surface area contributed by atoms with E-state index in [4.69, 9.17) is 5.73 Å². The molecule has 16 heavy (non-hydrogen) atoms. The van der Waals surface area contributed by atoms with E-state index < -0.39 is 0 Å². The van der Waals surface area contributed by atoms with E-state index in [2.05, 4.69) is 20.3 Å². The molecule has 84 valence electrons. The summed E-state index contributed by atoms with van der Waals surface area (Å²) in [6.45, 7) is 2.55. The number of nitrogens with two attached hydrogens (primary N) is 1. The van der Waals surface area contributed by atoms with Crippen LogP contribution in [-0.2, 0) is 0 Å². The minimum absolute atomic E-state index is 0.179. The van der Waals surface area contributed by atoms with Crippen LogP contribution in [0.1, 0.15) is 6.92 Å². The number of anilines is 1. The van der Waals surface area contributed by atoms with Crippen LogP contribution in [0.3, 0.4) is 0 Å². The van der Waals surface area contributed by atoms with Gasteiger partial charge >= 0.3 is 0 Å². The van der Waals surface area contributed by atoms with Crippen molar-refractivity contribution in [1.29, 1.82) is 0 Å². The van der Waals surface area contributed by atoms with Crippen molar-refractivity contribution in [1.82, 2.24) is 15.0 Å². The minimum Gasteiger partial charge on any atom is -0.367 e. The number of aromatic nitrogens is 3. The van der Waals surface area contributed by atoms with Crippen LogP contribution in [0.2, 0.25) is 0 Å². The largest absolute Gasteiger partial charge is 0.367 e. The predicted molar refractivity (Wildman–Crippen MR) is 64.0 cm³/mol. The van der Waals surface area contributed by atoms with Gasteiger partial charge in [-0.15, -0.1) is 0 Å². The van der Waals surface area contributed by atoms with Gasteiger partial charge in [0.25, 0.3) is 0 Å². The smallest absolute Gasteiger partial charge is 0.222 e. The molecule has 0 saturated carbocycles. The lowest BCUT2D eigenvalue weighted by atomic mass is 10.2. The molecule has 0 aliphatic heterocycles. The lowest BCUT2D eigenvalue weighted by Gasteiger charge is -2.10. The van der Waals surface area contributed by atoms with Crippen LogP contribution in [0.5, 0.6) is 0 Å². The van der Waals surface area contributed by atoms with Crippen molar-refractivity contribution >= 4 is 5.95 Å². The van der Waals surface area contributed by atoms with Crippen molar-refractivity contribution in [2.24, 2.45) is 5.73 Å². The van der Waals surface area contributed by atoms with E-state index in [1.165, 1.54) is 0 Å². The second kappa shape index (κ2) is 4.76. The molecule has 2 aromatic rings. The first-order chi connectivity index (χ1) is 7.79. The molecular formula is C11H15N5. The molecule has 0 radical (unpaired) electrons. The van der Waals surface area contributed by atoms with E-state index in [1.54, 1.807) is 12.4 Å². The third-order valence-corrected chi connectivity index (χ3v) is 2.31. The highest BCUT2D eigenvalue weighted by atomic mass is 15.1.